The molecular weight excluding hydrogens is 234 g/mol. The Morgan fingerprint density at radius 3 is 2.78 bits per heavy atom. The molecule has 18 heavy (non-hydrogen) atoms. The van der Waals surface area contributed by atoms with E-state index < -0.39 is 17.7 Å². The van der Waals surface area contributed by atoms with E-state index in [0.29, 0.717) is 6.42 Å². The van der Waals surface area contributed by atoms with Gasteiger partial charge in [0.2, 0.25) is 0 Å². The maximum absolute atomic E-state index is 13.5. The molecule has 1 fully saturated rings. The number of hydrogen-bond donors (Lipinski definition) is 1. The van der Waals surface area contributed by atoms with Crippen LogP contribution < -0.4 is 5.73 Å². The van der Waals surface area contributed by atoms with Gasteiger partial charge in [-0.05, 0) is 44.8 Å². The van der Waals surface area contributed by atoms with Crippen molar-refractivity contribution in [2.75, 3.05) is 20.1 Å². The van der Waals surface area contributed by atoms with Gasteiger partial charge >= 0.3 is 0 Å². The number of benzene rings is 1. The summed E-state index contributed by atoms with van der Waals surface area (Å²) < 4.78 is 26.6. The fraction of sp³-hybridized carbons (Fsp3) is 0.571. The average Bonchev–Trinajstić information content (AvgIpc) is 3.13. The molecule has 1 unspecified atom stereocenters. The molecule has 100 valence electrons. The third kappa shape index (κ3) is 3.50. The molecule has 2 nitrogen and oxygen atoms in total. The number of halogens is 2. The highest BCUT2D eigenvalue weighted by molar-refractivity contribution is 5.22. The highest BCUT2D eigenvalue weighted by Gasteiger charge is 2.23. The summed E-state index contributed by atoms with van der Waals surface area (Å²) in [5.74, 6) is -0.804. The maximum Gasteiger partial charge on any atom is 0.163 e. The summed E-state index contributed by atoms with van der Waals surface area (Å²) in [6, 6.07) is 3.73. The monoisotopic (exact) mass is 254 g/mol. The molecule has 1 aromatic carbocycles. The van der Waals surface area contributed by atoms with Crippen molar-refractivity contribution in [3.8, 4) is 0 Å². The molecule has 0 aromatic heterocycles. The molecule has 1 aliphatic rings. The van der Waals surface area contributed by atoms with Crippen LogP contribution in [0.25, 0.3) is 0 Å². The van der Waals surface area contributed by atoms with Crippen molar-refractivity contribution in [2.45, 2.75) is 25.3 Å². The van der Waals surface area contributed by atoms with Crippen molar-refractivity contribution in [3.05, 3.63) is 35.4 Å². The summed E-state index contributed by atoms with van der Waals surface area (Å²) >= 11 is 0. The lowest BCUT2D eigenvalue weighted by Gasteiger charge is -2.19. The molecule has 1 aliphatic carbocycles. The Morgan fingerprint density at radius 2 is 2.11 bits per heavy atom. The van der Waals surface area contributed by atoms with E-state index in [-0.39, 0.29) is 5.56 Å². The van der Waals surface area contributed by atoms with Gasteiger partial charge in [0.25, 0.3) is 0 Å². The van der Waals surface area contributed by atoms with Crippen molar-refractivity contribution < 1.29 is 8.78 Å². The molecule has 4 heteroatoms. The van der Waals surface area contributed by atoms with Crippen LogP contribution in [0, 0.1) is 17.6 Å². The van der Waals surface area contributed by atoms with Crippen molar-refractivity contribution in [2.24, 2.45) is 11.7 Å². The van der Waals surface area contributed by atoms with Gasteiger partial charge in [-0.25, -0.2) is 8.78 Å². The van der Waals surface area contributed by atoms with Gasteiger partial charge in [-0.2, -0.15) is 0 Å². The maximum atomic E-state index is 13.5. The van der Waals surface area contributed by atoms with E-state index in [2.05, 4.69) is 4.90 Å². The molecular formula is C14H20F2N2. The van der Waals surface area contributed by atoms with Gasteiger partial charge in [0.05, 0.1) is 0 Å². The molecule has 0 bridgehead atoms. The first kappa shape index (κ1) is 13.4. The minimum absolute atomic E-state index is 0.273. The molecule has 0 amide bonds. The second kappa shape index (κ2) is 5.76. The van der Waals surface area contributed by atoms with Crippen LogP contribution in [0.2, 0.25) is 0 Å². The Hall–Kier alpha value is -1.00. The van der Waals surface area contributed by atoms with E-state index in [9.17, 15) is 8.78 Å². The third-order valence-electron chi connectivity index (χ3n) is 3.47. The van der Waals surface area contributed by atoms with Crippen LogP contribution in [0.4, 0.5) is 8.78 Å². The molecule has 0 saturated heterocycles. The summed E-state index contributed by atoms with van der Waals surface area (Å²) in [5.41, 5.74) is 6.20. The summed E-state index contributed by atoms with van der Waals surface area (Å²) in [6.45, 7) is 1.89. The lowest BCUT2D eigenvalue weighted by Crippen LogP contribution is -2.26. The molecule has 2 rings (SSSR count). The van der Waals surface area contributed by atoms with Gasteiger partial charge in [0, 0.05) is 18.2 Å². The van der Waals surface area contributed by atoms with Crippen molar-refractivity contribution in [3.63, 3.8) is 0 Å². The predicted octanol–water partition coefficient (Wildman–Crippen LogP) is 2.70. The van der Waals surface area contributed by atoms with Gasteiger partial charge < -0.3 is 10.6 Å². The zero-order valence-corrected chi connectivity index (χ0v) is 10.7. The topological polar surface area (TPSA) is 29.3 Å². The van der Waals surface area contributed by atoms with E-state index in [1.807, 2.05) is 7.05 Å². The van der Waals surface area contributed by atoms with Crippen LogP contribution in [0.1, 0.15) is 30.9 Å². The fourth-order valence-electron chi connectivity index (χ4n) is 2.15. The highest BCUT2D eigenvalue weighted by Crippen LogP contribution is 2.29. The van der Waals surface area contributed by atoms with Crippen LogP contribution in [-0.4, -0.2) is 25.0 Å². The van der Waals surface area contributed by atoms with Crippen molar-refractivity contribution in [1.29, 1.82) is 0 Å². The quantitative estimate of drug-likeness (QED) is 0.845. The zero-order chi connectivity index (χ0) is 13.1. The first-order chi connectivity index (χ1) is 8.58. The second-order valence-electron chi connectivity index (χ2n) is 5.24. The van der Waals surface area contributed by atoms with Gasteiger partial charge in [-0.3, -0.25) is 0 Å². The van der Waals surface area contributed by atoms with Gasteiger partial charge in [0.1, 0.15) is 0 Å². The normalized spacial score (nSPS) is 17.2. The SMILES string of the molecule is CN(CCC(N)c1cccc(F)c1F)CC1CC1. The summed E-state index contributed by atoms with van der Waals surface area (Å²) in [7, 11) is 2.05. The Balaban J connectivity index is 1.86. The van der Waals surface area contributed by atoms with E-state index in [1.165, 1.54) is 18.9 Å². The van der Waals surface area contributed by atoms with Crippen molar-refractivity contribution >= 4 is 0 Å². The number of nitrogens with two attached hydrogens (primary N) is 1. The zero-order valence-electron chi connectivity index (χ0n) is 10.7. The molecule has 0 spiro atoms. The Labute approximate surface area is 107 Å². The second-order valence-corrected chi connectivity index (χ2v) is 5.24. The lowest BCUT2D eigenvalue weighted by atomic mass is 10.0. The summed E-state index contributed by atoms with van der Waals surface area (Å²) in [4.78, 5) is 2.22. The van der Waals surface area contributed by atoms with Gasteiger partial charge in [-0.1, -0.05) is 12.1 Å². The minimum Gasteiger partial charge on any atom is -0.324 e. The predicted molar refractivity (Wildman–Crippen MR) is 68.1 cm³/mol. The number of rotatable bonds is 6. The van der Waals surface area contributed by atoms with Crippen LogP contribution in [0.15, 0.2) is 18.2 Å². The molecule has 1 atom stereocenters. The third-order valence-corrected chi connectivity index (χ3v) is 3.47. The van der Waals surface area contributed by atoms with E-state index in [0.717, 1.165) is 25.1 Å². The van der Waals surface area contributed by atoms with E-state index >= 15 is 0 Å². The van der Waals surface area contributed by atoms with Gasteiger partial charge in [-0.15, -0.1) is 0 Å². The first-order valence-corrected chi connectivity index (χ1v) is 6.46. The first-order valence-electron chi connectivity index (χ1n) is 6.46. The Kier molecular flexibility index (Phi) is 4.30. The minimum atomic E-state index is -0.825. The molecule has 2 N–H and O–H groups in total. The fourth-order valence-corrected chi connectivity index (χ4v) is 2.15. The molecule has 1 aromatic rings. The standard InChI is InChI=1S/C14H20F2N2/c1-18(9-10-5-6-10)8-7-13(17)11-3-2-4-12(15)14(11)16/h2-4,10,13H,5-9,17H2,1H3. The van der Waals surface area contributed by atoms with E-state index in [1.54, 1.807) is 6.07 Å². The number of nitrogens with zero attached hydrogens (tertiary/aromatic N) is 1. The lowest BCUT2D eigenvalue weighted by molar-refractivity contribution is 0.305. The average molecular weight is 254 g/mol. The summed E-state index contributed by atoms with van der Waals surface area (Å²) in [5, 5.41) is 0. The smallest absolute Gasteiger partial charge is 0.163 e. The molecule has 1 saturated carbocycles. The van der Waals surface area contributed by atoms with E-state index in [4.69, 9.17) is 5.73 Å². The van der Waals surface area contributed by atoms with Gasteiger partial charge in [0.15, 0.2) is 11.6 Å². The largest absolute Gasteiger partial charge is 0.324 e. The van der Waals surface area contributed by atoms with Crippen LogP contribution >= 0.6 is 0 Å². The highest BCUT2D eigenvalue weighted by atomic mass is 19.2. The molecule has 0 radical (unpaired) electrons. The molecule has 0 heterocycles. The van der Waals surface area contributed by atoms with Crippen LogP contribution in [0.5, 0.6) is 0 Å². The Bertz CT molecular complexity index is 405. The Morgan fingerprint density at radius 1 is 1.39 bits per heavy atom. The van der Waals surface area contributed by atoms with Crippen LogP contribution in [0.3, 0.4) is 0 Å². The summed E-state index contributed by atoms with van der Waals surface area (Å²) in [6.07, 6.45) is 3.27. The van der Waals surface area contributed by atoms with Crippen molar-refractivity contribution in [1.82, 2.24) is 4.90 Å². The molecule has 0 aliphatic heterocycles. The van der Waals surface area contributed by atoms with Crippen LogP contribution in [-0.2, 0) is 0 Å². The number of hydrogen-bond acceptors (Lipinski definition) is 2.